The number of carbonyl (C=O) groups excluding carboxylic acids is 3. The topological polar surface area (TPSA) is 89.9 Å². The molecule has 0 unspecified atom stereocenters. The van der Waals surface area contributed by atoms with Crippen LogP contribution in [-0.2, 0) is 23.9 Å². The van der Waals surface area contributed by atoms with Gasteiger partial charge in [0.2, 0.25) is 5.60 Å². The normalized spacial score (nSPS) is 46.2. The summed E-state index contributed by atoms with van der Waals surface area (Å²) in [5.41, 5.74) is -3.43. The third-order valence-electron chi connectivity index (χ3n) is 9.67. The van der Waals surface area contributed by atoms with Crippen molar-refractivity contribution in [2.45, 2.75) is 89.0 Å². The van der Waals surface area contributed by atoms with Crippen LogP contribution < -0.4 is 0 Å². The van der Waals surface area contributed by atoms with Crippen LogP contribution in [0.3, 0.4) is 0 Å². The summed E-state index contributed by atoms with van der Waals surface area (Å²) in [4.78, 5) is 37.0. The molecular formula is C27H36ClFO6. The Balaban J connectivity index is 1.83. The highest BCUT2D eigenvalue weighted by Crippen LogP contribution is 2.72. The minimum atomic E-state index is -1.61. The highest BCUT2D eigenvalue weighted by molar-refractivity contribution is 6.26. The summed E-state index contributed by atoms with van der Waals surface area (Å²) >= 11 is 7.37. The first-order chi connectivity index (χ1) is 16.3. The van der Waals surface area contributed by atoms with Gasteiger partial charge in [-0.15, -0.1) is 11.6 Å². The number of unbranched alkanes of at least 4 members (excludes halogenated alkanes) is 1. The van der Waals surface area contributed by atoms with Crippen molar-refractivity contribution < 1.29 is 33.4 Å². The Morgan fingerprint density at radius 2 is 1.94 bits per heavy atom. The molecule has 4 rings (SSSR count). The number of hydrogen-bond acceptors (Lipinski definition) is 6. The summed E-state index contributed by atoms with van der Waals surface area (Å²) in [7, 11) is 1.26. The molecule has 1 N–H and O–H groups in total. The van der Waals surface area contributed by atoms with Crippen LogP contribution in [0.4, 0.5) is 4.39 Å². The van der Waals surface area contributed by atoms with Crippen molar-refractivity contribution in [2.75, 3.05) is 7.11 Å². The van der Waals surface area contributed by atoms with E-state index in [2.05, 4.69) is 0 Å². The second-order valence-electron chi connectivity index (χ2n) is 11.3. The monoisotopic (exact) mass is 510 g/mol. The van der Waals surface area contributed by atoms with Crippen molar-refractivity contribution in [3.8, 4) is 0 Å². The zero-order chi connectivity index (χ0) is 26.0. The minimum absolute atomic E-state index is 0.0110. The average Bonchev–Trinajstić information content (AvgIpc) is 3.02. The fraction of sp³-hybridized carbons (Fsp3) is 0.741. The maximum absolute atomic E-state index is 15.7. The maximum atomic E-state index is 15.7. The number of rotatable bonds is 5. The number of methoxy groups -OCH3 is 1. The molecule has 0 aliphatic heterocycles. The van der Waals surface area contributed by atoms with E-state index >= 15 is 4.39 Å². The molecule has 35 heavy (non-hydrogen) atoms. The van der Waals surface area contributed by atoms with E-state index in [0.717, 1.165) is 6.42 Å². The van der Waals surface area contributed by atoms with Crippen molar-refractivity contribution in [2.24, 2.45) is 28.6 Å². The molecule has 0 amide bonds. The fourth-order valence-corrected chi connectivity index (χ4v) is 8.41. The van der Waals surface area contributed by atoms with E-state index < -0.39 is 57.4 Å². The Labute approximate surface area is 211 Å². The minimum Gasteiger partial charge on any atom is -0.466 e. The van der Waals surface area contributed by atoms with Crippen molar-refractivity contribution in [3.63, 3.8) is 0 Å². The predicted molar refractivity (Wildman–Crippen MR) is 128 cm³/mol. The van der Waals surface area contributed by atoms with Gasteiger partial charge >= 0.3 is 11.9 Å². The number of ketones is 1. The third kappa shape index (κ3) is 3.33. The molecule has 3 saturated carbocycles. The lowest BCUT2D eigenvalue weighted by molar-refractivity contribution is -0.215. The summed E-state index contributed by atoms with van der Waals surface area (Å²) < 4.78 is 26.9. The van der Waals surface area contributed by atoms with Gasteiger partial charge in [0.05, 0.1) is 18.1 Å². The van der Waals surface area contributed by atoms with E-state index in [0.29, 0.717) is 12.8 Å². The van der Waals surface area contributed by atoms with E-state index in [-0.39, 0.29) is 36.5 Å². The molecule has 0 aromatic carbocycles. The highest BCUT2D eigenvalue weighted by Gasteiger charge is 2.77. The lowest BCUT2D eigenvalue weighted by Gasteiger charge is -2.64. The first kappa shape index (κ1) is 26.3. The number of carbonyl (C=O) groups is 3. The van der Waals surface area contributed by atoms with Crippen molar-refractivity contribution in [1.82, 2.24) is 0 Å². The Bertz CT molecular complexity index is 994. The van der Waals surface area contributed by atoms with E-state index in [1.807, 2.05) is 20.8 Å². The molecule has 0 bridgehead atoms. The lowest BCUT2D eigenvalue weighted by atomic mass is 9.45. The van der Waals surface area contributed by atoms with Crippen LogP contribution in [0.15, 0.2) is 23.8 Å². The second-order valence-corrected chi connectivity index (χ2v) is 11.9. The van der Waals surface area contributed by atoms with Gasteiger partial charge in [-0.05, 0) is 55.2 Å². The van der Waals surface area contributed by atoms with Gasteiger partial charge < -0.3 is 14.6 Å². The Hall–Kier alpha value is -1.73. The fourth-order valence-electron chi connectivity index (χ4n) is 7.92. The van der Waals surface area contributed by atoms with Crippen LogP contribution in [0.5, 0.6) is 0 Å². The van der Waals surface area contributed by atoms with E-state index in [9.17, 15) is 19.5 Å². The Morgan fingerprint density at radius 1 is 1.26 bits per heavy atom. The summed E-state index contributed by atoms with van der Waals surface area (Å²) in [5, 5.41) is 11.7. The molecule has 0 aromatic heterocycles. The van der Waals surface area contributed by atoms with Crippen LogP contribution >= 0.6 is 11.6 Å². The predicted octanol–water partition coefficient (Wildman–Crippen LogP) is 4.47. The summed E-state index contributed by atoms with van der Waals surface area (Å²) in [6.07, 6.45) is 3.88. The highest BCUT2D eigenvalue weighted by atomic mass is 35.5. The van der Waals surface area contributed by atoms with Crippen LogP contribution in [0.25, 0.3) is 0 Å². The molecule has 4 aliphatic carbocycles. The lowest BCUT2D eigenvalue weighted by Crippen LogP contribution is -2.70. The molecule has 6 nitrogen and oxygen atoms in total. The molecule has 0 radical (unpaired) electrons. The number of aliphatic hydroxyl groups is 1. The van der Waals surface area contributed by atoms with Gasteiger partial charge in [0.15, 0.2) is 5.78 Å². The molecule has 0 heterocycles. The Morgan fingerprint density at radius 3 is 2.57 bits per heavy atom. The maximum Gasteiger partial charge on any atom is 0.351 e. The van der Waals surface area contributed by atoms with Crippen molar-refractivity contribution >= 4 is 29.3 Å². The zero-order valence-corrected chi connectivity index (χ0v) is 21.9. The molecule has 8 heteroatoms. The summed E-state index contributed by atoms with van der Waals surface area (Å²) in [5.74, 6) is -2.71. The number of allylic oxidation sites excluding steroid dienone is 4. The average molecular weight is 511 g/mol. The number of hydrogen-bond donors (Lipinski definition) is 1. The molecule has 0 spiro atoms. The molecule has 4 aliphatic rings. The van der Waals surface area contributed by atoms with Gasteiger partial charge in [-0.2, -0.15) is 0 Å². The second kappa shape index (κ2) is 8.69. The first-order valence-corrected chi connectivity index (χ1v) is 13.0. The van der Waals surface area contributed by atoms with Crippen molar-refractivity contribution in [1.29, 1.82) is 0 Å². The first-order valence-electron chi connectivity index (χ1n) is 12.6. The molecule has 194 valence electrons. The molecule has 0 aromatic rings. The van der Waals surface area contributed by atoms with E-state index in [1.54, 1.807) is 13.0 Å². The standard InChI is InChI=1S/C27H36ClFO6/c1-6-7-8-22(32)35-27(23(33)34-5)15(2)11-17-18-13-20(29)19-12-16(30)9-10-24(19,3)26(18,28)21(31)14-25(17,27)4/h9-10,12,15,17-18,20-21,31H,6-8,11,13-14H2,1-5H3/t15-,17-,18-,20-,21-,24-,25-,26-,27-/m0/s1. The third-order valence-corrected chi connectivity index (χ3v) is 10.6. The number of ether oxygens (including phenoxy) is 2. The molecule has 3 fully saturated rings. The summed E-state index contributed by atoms with van der Waals surface area (Å²) in [6, 6.07) is 0. The largest absolute Gasteiger partial charge is 0.466 e. The van der Waals surface area contributed by atoms with E-state index in [4.69, 9.17) is 21.1 Å². The SMILES string of the molecule is CCCCC(=O)O[C@]1(C(=O)OC)[C@@H](C)C[C@H]2[C@@H]3C[C@H](F)C4=CC(=O)C=C[C@]4(C)[C@@]3(Cl)[C@@H](O)C[C@@]21C. The van der Waals surface area contributed by atoms with Gasteiger partial charge in [0.1, 0.15) is 6.17 Å². The van der Waals surface area contributed by atoms with Crippen molar-refractivity contribution in [3.05, 3.63) is 23.8 Å². The van der Waals surface area contributed by atoms with Crippen LogP contribution in [-0.4, -0.2) is 52.7 Å². The number of alkyl halides is 2. The van der Waals surface area contributed by atoms with Gasteiger partial charge in [0, 0.05) is 23.2 Å². The summed E-state index contributed by atoms with van der Waals surface area (Å²) in [6.45, 7) is 7.42. The van der Waals surface area contributed by atoms with Gasteiger partial charge in [-0.3, -0.25) is 9.59 Å². The zero-order valence-electron chi connectivity index (χ0n) is 21.1. The van der Waals surface area contributed by atoms with Gasteiger partial charge in [-0.25, -0.2) is 9.18 Å². The van der Waals surface area contributed by atoms with Gasteiger partial charge in [0.25, 0.3) is 0 Å². The Kier molecular flexibility index (Phi) is 6.54. The van der Waals surface area contributed by atoms with E-state index in [1.165, 1.54) is 19.3 Å². The number of esters is 2. The quantitative estimate of drug-likeness (QED) is 0.433. The van der Waals surface area contributed by atoms with Gasteiger partial charge in [-0.1, -0.05) is 40.2 Å². The number of halogens is 2. The molecule has 9 atom stereocenters. The number of fused-ring (bicyclic) bond motifs is 5. The van der Waals surface area contributed by atoms with Crippen LogP contribution in [0.1, 0.15) is 66.2 Å². The van der Waals surface area contributed by atoms with Crippen LogP contribution in [0.2, 0.25) is 0 Å². The molecular weight excluding hydrogens is 475 g/mol. The smallest absolute Gasteiger partial charge is 0.351 e. The number of aliphatic hydroxyl groups excluding tert-OH is 1. The molecule has 0 saturated heterocycles. The van der Waals surface area contributed by atoms with Crippen LogP contribution in [0, 0.1) is 28.6 Å².